The maximum Gasteiger partial charge on any atom is 0.255 e. The van der Waals surface area contributed by atoms with Crippen LogP contribution in [-0.4, -0.2) is 45.4 Å². The minimum Gasteiger partial charge on any atom is -0.348 e. The molecule has 1 aliphatic rings. The van der Waals surface area contributed by atoms with Crippen LogP contribution in [0.1, 0.15) is 29.9 Å². The second-order valence-corrected chi connectivity index (χ2v) is 7.63. The van der Waals surface area contributed by atoms with Gasteiger partial charge < -0.3 is 18.9 Å². The molecular formula is C22H25N3O3. The molecular weight excluding hydrogens is 354 g/mol. The molecule has 0 N–H and O–H groups in total. The number of nitrogens with zero attached hydrogens (tertiary/aromatic N) is 3. The van der Waals surface area contributed by atoms with Crippen molar-refractivity contribution in [1.29, 1.82) is 0 Å². The van der Waals surface area contributed by atoms with E-state index in [1.165, 1.54) is 0 Å². The number of hydrogen-bond donors (Lipinski definition) is 0. The number of ether oxygens (including phenoxy) is 2. The van der Waals surface area contributed by atoms with Crippen LogP contribution in [0.2, 0.25) is 0 Å². The van der Waals surface area contributed by atoms with E-state index in [-0.39, 0.29) is 12.0 Å². The highest BCUT2D eigenvalue weighted by molar-refractivity contribution is 5.94. The summed E-state index contributed by atoms with van der Waals surface area (Å²) in [6.07, 6.45) is 3.11. The van der Waals surface area contributed by atoms with E-state index >= 15 is 0 Å². The van der Waals surface area contributed by atoms with Gasteiger partial charge in [0.1, 0.15) is 6.10 Å². The first-order valence-electron chi connectivity index (χ1n) is 9.47. The fraction of sp³-hybridized carbons (Fsp3) is 0.364. The molecule has 0 spiro atoms. The second-order valence-electron chi connectivity index (χ2n) is 7.63. The molecule has 146 valence electrons. The van der Waals surface area contributed by atoms with Crippen LogP contribution < -0.4 is 0 Å². The topological polar surface area (TPSA) is 56.6 Å². The lowest BCUT2D eigenvalue weighted by atomic mass is 10.2. The maximum absolute atomic E-state index is 13.2. The van der Waals surface area contributed by atoms with Crippen LogP contribution in [0.25, 0.3) is 10.9 Å². The first kappa shape index (κ1) is 18.7. The Bertz CT molecular complexity index is 981. The number of rotatable bonds is 5. The van der Waals surface area contributed by atoms with Crippen LogP contribution >= 0.6 is 0 Å². The van der Waals surface area contributed by atoms with Crippen LogP contribution in [0.3, 0.4) is 0 Å². The molecule has 1 aliphatic heterocycles. The van der Waals surface area contributed by atoms with Crippen molar-refractivity contribution < 1.29 is 14.3 Å². The summed E-state index contributed by atoms with van der Waals surface area (Å²) in [6.45, 7) is 5.20. The molecule has 6 heteroatoms. The molecule has 6 nitrogen and oxygen atoms in total. The SMILES string of the molecule is Cn1c(CN(C[C@@H]2COC(C)(C)O2)C(=O)c2cccnc2)cc2ccccc21. The molecule has 3 aromatic rings. The number of carbonyl (C=O) groups excluding carboxylic acids is 1. The number of benzene rings is 1. The highest BCUT2D eigenvalue weighted by Crippen LogP contribution is 2.25. The van der Waals surface area contributed by atoms with Gasteiger partial charge >= 0.3 is 0 Å². The Morgan fingerprint density at radius 2 is 2.11 bits per heavy atom. The number of para-hydroxylation sites is 1. The third-order valence-electron chi connectivity index (χ3n) is 5.09. The van der Waals surface area contributed by atoms with Gasteiger partial charge in [-0.1, -0.05) is 18.2 Å². The van der Waals surface area contributed by atoms with E-state index in [0.29, 0.717) is 25.3 Å². The predicted octanol–water partition coefficient (Wildman–Crippen LogP) is 3.37. The Morgan fingerprint density at radius 1 is 1.29 bits per heavy atom. The quantitative estimate of drug-likeness (QED) is 0.682. The van der Waals surface area contributed by atoms with Gasteiger partial charge in [-0.2, -0.15) is 0 Å². The van der Waals surface area contributed by atoms with Crippen molar-refractivity contribution in [2.45, 2.75) is 32.3 Å². The summed E-state index contributed by atoms with van der Waals surface area (Å²) in [4.78, 5) is 19.1. The fourth-order valence-electron chi connectivity index (χ4n) is 3.68. The smallest absolute Gasteiger partial charge is 0.255 e. The average molecular weight is 379 g/mol. The number of amides is 1. The molecule has 1 amide bonds. The summed E-state index contributed by atoms with van der Waals surface area (Å²) in [5, 5.41) is 1.16. The zero-order valence-electron chi connectivity index (χ0n) is 16.5. The lowest BCUT2D eigenvalue weighted by molar-refractivity contribution is -0.139. The van der Waals surface area contributed by atoms with Crippen LogP contribution in [0.5, 0.6) is 0 Å². The summed E-state index contributed by atoms with van der Waals surface area (Å²) in [6, 6.07) is 13.9. The number of hydrogen-bond acceptors (Lipinski definition) is 4. The van der Waals surface area contributed by atoms with Crippen molar-refractivity contribution in [3.05, 3.63) is 66.1 Å². The zero-order chi connectivity index (χ0) is 19.7. The average Bonchev–Trinajstić information content (AvgIpc) is 3.20. The summed E-state index contributed by atoms with van der Waals surface area (Å²) < 4.78 is 13.8. The highest BCUT2D eigenvalue weighted by Gasteiger charge is 2.34. The molecule has 1 aromatic carbocycles. The number of aryl methyl sites for hydroxylation is 1. The van der Waals surface area contributed by atoms with Crippen molar-refractivity contribution in [3.63, 3.8) is 0 Å². The predicted molar refractivity (Wildman–Crippen MR) is 107 cm³/mol. The van der Waals surface area contributed by atoms with Crippen molar-refractivity contribution in [2.75, 3.05) is 13.2 Å². The molecule has 0 unspecified atom stereocenters. The van der Waals surface area contributed by atoms with E-state index in [2.05, 4.69) is 27.8 Å². The molecule has 3 heterocycles. The molecule has 28 heavy (non-hydrogen) atoms. The molecule has 4 rings (SSSR count). The van der Waals surface area contributed by atoms with Crippen LogP contribution in [0.15, 0.2) is 54.9 Å². The Labute approximate surface area is 164 Å². The molecule has 1 fully saturated rings. The van der Waals surface area contributed by atoms with Crippen molar-refractivity contribution in [1.82, 2.24) is 14.5 Å². The Balaban J connectivity index is 1.62. The number of pyridine rings is 1. The van der Waals surface area contributed by atoms with E-state index in [1.807, 2.05) is 37.9 Å². The van der Waals surface area contributed by atoms with Crippen molar-refractivity contribution in [3.8, 4) is 0 Å². The molecule has 0 bridgehead atoms. The Kier molecular flexibility index (Phi) is 4.91. The van der Waals surface area contributed by atoms with E-state index < -0.39 is 5.79 Å². The van der Waals surface area contributed by atoms with Gasteiger partial charge in [0.25, 0.3) is 5.91 Å². The van der Waals surface area contributed by atoms with Gasteiger partial charge in [-0.3, -0.25) is 9.78 Å². The van der Waals surface area contributed by atoms with Gasteiger partial charge in [-0.15, -0.1) is 0 Å². The monoisotopic (exact) mass is 379 g/mol. The van der Waals surface area contributed by atoms with Gasteiger partial charge in [-0.05, 0) is 43.5 Å². The number of carbonyl (C=O) groups is 1. The van der Waals surface area contributed by atoms with E-state index in [1.54, 1.807) is 24.5 Å². The Hall–Kier alpha value is -2.70. The number of fused-ring (bicyclic) bond motifs is 1. The summed E-state index contributed by atoms with van der Waals surface area (Å²) >= 11 is 0. The zero-order valence-corrected chi connectivity index (χ0v) is 16.5. The van der Waals surface area contributed by atoms with Crippen LogP contribution in [-0.2, 0) is 23.1 Å². The van der Waals surface area contributed by atoms with Gasteiger partial charge in [0.2, 0.25) is 0 Å². The first-order valence-corrected chi connectivity index (χ1v) is 9.47. The fourth-order valence-corrected chi connectivity index (χ4v) is 3.68. The van der Waals surface area contributed by atoms with E-state index in [0.717, 1.165) is 16.6 Å². The Morgan fingerprint density at radius 3 is 2.79 bits per heavy atom. The highest BCUT2D eigenvalue weighted by atomic mass is 16.7. The molecule has 1 atom stereocenters. The second kappa shape index (κ2) is 7.37. The molecule has 0 aliphatic carbocycles. The largest absolute Gasteiger partial charge is 0.348 e. The standard InChI is InChI=1S/C22H25N3O3/c1-22(2)27-15-19(28-22)14-25(21(26)17-8-6-10-23-12-17)13-18-11-16-7-4-5-9-20(16)24(18)3/h4-12,19H,13-15H2,1-3H3/t19-/m1/s1. The normalized spacial score (nSPS) is 18.5. The van der Waals surface area contributed by atoms with Gasteiger partial charge in [0.05, 0.1) is 25.3 Å². The van der Waals surface area contributed by atoms with Crippen molar-refractivity contribution in [2.24, 2.45) is 7.05 Å². The molecule has 0 saturated carbocycles. The van der Waals surface area contributed by atoms with Crippen LogP contribution in [0, 0.1) is 0 Å². The summed E-state index contributed by atoms with van der Waals surface area (Å²) in [5.74, 6) is -0.681. The lowest BCUT2D eigenvalue weighted by Crippen LogP contribution is -2.39. The first-order chi connectivity index (χ1) is 13.4. The third kappa shape index (κ3) is 3.79. The third-order valence-corrected chi connectivity index (χ3v) is 5.09. The number of aromatic nitrogens is 2. The van der Waals surface area contributed by atoms with Crippen molar-refractivity contribution >= 4 is 16.8 Å². The maximum atomic E-state index is 13.2. The van der Waals surface area contributed by atoms with Crippen LogP contribution in [0.4, 0.5) is 0 Å². The molecule has 1 saturated heterocycles. The molecule has 0 radical (unpaired) electrons. The minimum absolute atomic E-state index is 0.0633. The van der Waals surface area contributed by atoms with Gasteiger partial charge in [-0.25, -0.2) is 0 Å². The van der Waals surface area contributed by atoms with Gasteiger partial charge in [0, 0.05) is 30.7 Å². The molecule has 2 aromatic heterocycles. The van der Waals surface area contributed by atoms with Gasteiger partial charge in [0.15, 0.2) is 5.79 Å². The lowest BCUT2D eigenvalue weighted by Gasteiger charge is -2.26. The summed E-state index contributed by atoms with van der Waals surface area (Å²) in [5.41, 5.74) is 2.78. The minimum atomic E-state index is -0.618. The van der Waals surface area contributed by atoms with E-state index in [4.69, 9.17) is 9.47 Å². The van der Waals surface area contributed by atoms with E-state index in [9.17, 15) is 4.79 Å². The summed E-state index contributed by atoms with van der Waals surface area (Å²) in [7, 11) is 2.03.